The second kappa shape index (κ2) is 13.2. The van der Waals surface area contributed by atoms with E-state index in [2.05, 4.69) is 16.0 Å². The van der Waals surface area contributed by atoms with Gasteiger partial charge in [0.25, 0.3) is 0 Å². The maximum absolute atomic E-state index is 13.0. The minimum Gasteiger partial charge on any atom is -0.480 e. The predicted octanol–water partition coefficient (Wildman–Crippen LogP) is -0.407. The van der Waals surface area contributed by atoms with Crippen molar-refractivity contribution >= 4 is 23.7 Å². The van der Waals surface area contributed by atoms with Gasteiger partial charge in [0.15, 0.2) is 0 Å². The Bertz CT molecular complexity index is 598. The van der Waals surface area contributed by atoms with Crippen molar-refractivity contribution in [1.29, 1.82) is 0 Å². The molecule has 0 aliphatic rings. The number of carbonyl (C=O) groups excluding carboxylic acids is 3. The lowest BCUT2D eigenvalue weighted by Gasteiger charge is -2.30. The topological polar surface area (TPSA) is 171 Å². The first kappa shape index (κ1) is 27.8. The smallest absolute Gasteiger partial charge is 0.326 e. The van der Waals surface area contributed by atoms with Crippen molar-refractivity contribution in [2.45, 2.75) is 78.6 Å². The molecule has 0 spiro atoms. The van der Waals surface area contributed by atoms with Gasteiger partial charge < -0.3 is 31.9 Å². The van der Waals surface area contributed by atoms with Crippen LogP contribution in [0.1, 0.15) is 54.4 Å². The number of aliphatic hydroxyl groups is 1. The van der Waals surface area contributed by atoms with E-state index >= 15 is 0 Å². The second-order valence-electron chi connectivity index (χ2n) is 8.10. The van der Waals surface area contributed by atoms with E-state index in [9.17, 15) is 24.3 Å². The fraction of sp³-hybridized carbons (Fsp3) is 0.800. The van der Waals surface area contributed by atoms with E-state index in [0.29, 0.717) is 12.8 Å². The predicted molar refractivity (Wildman–Crippen MR) is 112 cm³/mol. The van der Waals surface area contributed by atoms with Gasteiger partial charge in [-0.05, 0) is 17.8 Å². The van der Waals surface area contributed by atoms with Gasteiger partial charge in [0.05, 0.1) is 6.61 Å². The second-order valence-corrected chi connectivity index (χ2v) is 8.10. The average molecular weight is 431 g/mol. The van der Waals surface area contributed by atoms with Crippen molar-refractivity contribution in [3.05, 3.63) is 0 Å². The largest absolute Gasteiger partial charge is 0.480 e. The minimum absolute atomic E-state index is 0.261. The lowest BCUT2D eigenvalue weighted by atomic mass is 9.94. The molecule has 0 aliphatic heterocycles. The molecule has 0 saturated carbocycles. The number of aliphatic carboxylic acids is 1. The molecule has 174 valence electrons. The van der Waals surface area contributed by atoms with Gasteiger partial charge in [-0.2, -0.15) is 0 Å². The molecule has 0 fully saturated rings. The van der Waals surface area contributed by atoms with E-state index in [1.807, 2.05) is 13.8 Å². The SMILES string of the molecule is CCC(C)C(NC(=O)C(N)CO)C(=O)NC(C(=O)NC(C(=O)O)C(C)C)C(C)CC. The highest BCUT2D eigenvalue weighted by atomic mass is 16.4. The van der Waals surface area contributed by atoms with Gasteiger partial charge in [0, 0.05) is 0 Å². The number of carboxylic acids is 1. The van der Waals surface area contributed by atoms with Crippen LogP contribution < -0.4 is 21.7 Å². The molecule has 0 saturated heterocycles. The molecule has 0 aromatic carbocycles. The maximum Gasteiger partial charge on any atom is 0.326 e. The van der Waals surface area contributed by atoms with Gasteiger partial charge in [-0.1, -0.05) is 54.4 Å². The summed E-state index contributed by atoms with van der Waals surface area (Å²) in [6.07, 6.45) is 1.13. The summed E-state index contributed by atoms with van der Waals surface area (Å²) >= 11 is 0. The number of amides is 3. The van der Waals surface area contributed by atoms with Crippen LogP contribution in [0.4, 0.5) is 0 Å². The Morgan fingerprint density at radius 2 is 1.13 bits per heavy atom. The van der Waals surface area contributed by atoms with Gasteiger partial charge >= 0.3 is 5.97 Å². The first-order valence-electron chi connectivity index (χ1n) is 10.4. The van der Waals surface area contributed by atoms with E-state index in [0.717, 1.165) is 0 Å². The Morgan fingerprint density at radius 3 is 1.43 bits per heavy atom. The van der Waals surface area contributed by atoms with Crippen molar-refractivity contribution in [2.75, 3.05) is 6.61 Å². The number of nitrogens with one attached hydrogen (secondary N) is 3. The molecular formula is C20H38N4O6. The third-order valence-electron chi connectivity index (χ3n) is 5.35. The lowest BCUT2D eigenvalue weighted by Crippen LogP contribution is -2.60. The Labute approximate surface area is 178 Å². The molecule has 3 amide bonds. The molecule has 7 N–H and O–H groups in total. The van der Waals surface area contributed by atoms with Crippen molar-refractivity contribution in [2.24, 2.45) is 23.5 Å². The van der Waals surface area contributed by atoms with Gasteiger partial charge in [-0.25, -0.2) is 4.79 Å². The first-order chi connectivity index (χ1) is 13.9. The minimum atomic E-state index is -1.17. The third kappa shape index (κ3) is 8.27. The van der Waals surface area contributed by atoms with Gasteiger partial charge in [0.2, 0.25) is 17.7 Å². The van der Waals surface area contributed by atoms with Gasteiger partial charge in [-0.3, -0.25) is 14.4 Å². The Hall–Kier alpha value is -2.20. The zero-order valence-corrected chi connectivity index (χ0v) is 18.8. The maximum atomic E-state index is 13.0. The summed E-state index contributed by atoms with van der Waals surface area (Å²) in [6.45, 7) is 10.0. The number of carboxylic acid groups (broad SMARTS) is 1. The normalized spacial score (nSPS) is 17.2. The summed E-state index contributed by atoms with van der Waals surface area (Å²) in [5, 5.41) is 26.1. The number of aliphatic hydroxyl groups excluding tert-OH is 1. The van der Waals surface area contributed by atoms with Crippen LogP contribution in [0.5, 0.6) is 0 Å². The van der Waals surface area contributed by atoms with Crippen LogP contribution in [0.2, 0.25) is 0 Å². The molecule has 0 aromatic rings. The molecular weight excluding hydrogens is 392 g/mol. The zero-order valence-electron chi connectivity index (χ0n) is 18.8. The van der Waals surface area contributed by atoms with E-state index in [1.54, 1.807) is 27.7 Å². The molecule has 0 rings (SSSR count). The monoisotopic (exact) mass is 430 g/mol. The summed E-state index contributed by atoms with van der Waals surface area (Å²) in [7, 11) is 0. The number of hydrogen-bond acceptors (Lipinski definition) is 6. The fourth-order valence-electron chi connectivity index (χ4n) is 2.75. The summed E-state index contributed by atoms with van der Waals surface area (Å²) < 4.78 is 0. The standard InChI is InChI=1S/C20H38N4O6/c1-7-11(5)15(23-17(26)13(21)9-25)19(28)24-16(12(6)8-2)18(27)22-14(10(3)4)20(29)30/h10-16,25H,7-9,21H2,1-6H3,(H,22,27)(H,23,26)(H,24,28)(H,29,30). The fourth-order valence-corrected chi connectivity index (χ4v) is 2.75. The Kier molecular flexibility index (Phi) is 12.2. The molecule has 30 heavy (non-hydrogen) atoms. The van der Waals surface area contributed by atoms with Gasteiger partial charge in [0.1, 0.15) is 24.2 Å². The zero-order chi connectivity index (χ0) is 23.6. The lowest BCUT2D eigenvalue weighted by molar-refractivity contribution is -0.144. The van der Waals surface area contributed by atoms with Crippen molar-refractivity contribution in [1.82, 2.24) is 16.0 Å². The van der Waals surface area contributed by atoms with E-state index in [1.165, 1.54) is 0 Å². The Morgan fingerprint density at radius 1 is 0.767 bits per heavy atom. The van der Waals surface area contributed by atoms with Crippen molar-refractivity contribution < 1.29 is 29.4 Å². The van der Waals surface area contributed by atoms with Crippen LogP contribution in [0.25, 0.3) is 0 Å². The third-order valence-corrected chi connectivity index (χ3v) is 5.35. The van der Waals surface area contributed by atoms with E-state index in [4.69, 9.17) is 10.8 Å². The molecule has 0 bridgehead atoms. The number of carbonyl (C=O) groups is 4. The van der Waals surface area contributed by atoms with Gasteiger partial charge in [-0.15, -0.1) is 0 Å². The number of hydrogen-bond donors (Lipinski definition) is 6. The molecule has 0 radical (unpaired) electrons. The summed E-state index contributed by atoms with van der Waals surface area (Å²) in [5.41, 5.74) is 5.52. The molecule has 0 aliphatic carbocycles. The van der Waals surface area contributed by atoms with Crippen LogP contribution in [-0.4, -0.2) is 64.7 Å². The molecule has 10 heteroatoms. The highest BCUT2D eigenvalue weighted by Gasteiger charge is 2.34. The summed E-state index contributed by atoms with van der Waals surface area (Å²) in [5.74, 6) is -3.87. The van der Waals surface area contributed by atoms with Crippen LogP contribution in [0, 0.1) is 17.8 Å². The first-order valence-corrected chi connectivity index (χ1v) is 10.4. The van der Waals surface area contributed by atoms with Crippen LogP contribution in [0.3, 0.4) is 0 Å². The number of nitrogens with two attached hydrogens (primary N) is 1. The summed E-state index contributed by atoms with van der Waals surface area (Å²) in [6, 6.07) is -4.19. The van der Waals surface area contributed by atoms with Crippen molar-refractivity contribution in [3.8, 4) is 0 Å². The van der Waals surface area contributed by atoms with E-state index < -0.39 is 54.5 Å². The van der Waals surface area contributed by atoms with E-state index in [-0.39, 0.29) is 17.8 Å². The molecule has 0 heterocycles. The highest BCUT2D eigenvalue weighted by Crippen LogP contribution is 2.13. The van der Waals surface area contributed by atoms with Crippen molar-refractivity contribution in [3.63, 3.8) is 0 Å². The molecule has 6 atom stereocenters. The van der Waals surface area contributed by atoms with Crippen LogP contribution in [0.15, 0.2) is 0 Å². The summed E-state index contributed by atoms with van der Waals surface area (Å²) in [4.78, 5) is 49.3. The molecule has 10 nitrogen and oxygen atoms in total. The van der Waals surface area contributed by atoms with Crippen LogP contribution in [-0.2, 0) is 19.2 Å². The number of rotatable bonds is 13. The quantitative estimate of drug-likeness (QED) is 0.231. The molecule has 0 aromatic heterocycles. The Balaban J connectivity index is 5.58. The van der Waals surface area contributed by atoms with Crippen LogP contribution >= 0.6 is 0 Å². The molecule has 6 unspecified atom stereocenters. The average Bonchev–Trinajstić information content (AvgIpc) is 2.70. The highest BCUT2D eigenvalue weighted by molar-refractivity contribution is 5.94.